The molecule has 4 heteroatoms. The van der Waals surface area contributed by atoms with Crippen molar-refractivity contribution in [3.05, 3.63) is 0 Å². The standard InChI is InChI=1S/C10H20N2O2/c1-10(12-2,9(11)13)7-14-6-5-8-3-4-8/h8,12H,3-7H2,1-2H3,(H2,11,13). The molecule has 82 valence electrons. The van der Waals surface area contributed by atoms with Crippen LogP contribution in [0.4, 0.5) is 0 Å². The number of carbonyl (C=O) groups is 1. The van der Waals surface area contributed by atoms with Gasteiger partial charge in [-0.05, 0) is 26.3 Å². The molecule has 4 nitrogen and oxygen atoms in total. The highest BCUT2D eigenvalue weighted by atomic mass is 16.5. The summed E-state index contributed by atoms with van der Waals surface area (Å²) in [6.07, 6.45) is 3.78. The van der Waals surface area contributed by atoms with Gasteiger partial charge in [-0.1, -0.05) is 12.8 Å². The van der Waals surface area contributed by atoms with Crippen molar-refractivity contribution in [3.63, 3.8) is 0 Å². The lowest BCUT2D eigenvalue weighted by molar-refractivity contribution is -0.126. The van der Waals surface area contributed by atoms with Gasteiger partial charge in [0.2, 0.25) is 5.91 Å². The molecule has 1 fully saturated rings. The maximum atomic E-state index is 11.1. The van der Waals surface area contributed by atoms with Crippen LogP contribution in [0, 0.1) is 5.92 Å². The third-order valence-corrected chi connectivity index (χ3v) is 2.85. The van der Waals surface area contributed by atoms with Crippen LogP contribution < -0.4 is 11.1 Å². The molecule has 0 saturated heterocycles. The number of ether oxygens (including phenoxy) is 1. The highest BCUT2D eigenvalue weighted by molar-refractivity contribution is 5.84. The van der Waals surface area contributed by atoms with E-state index in [9.17, 15) is 4.79 Å². The molecular formula is C10H20N2O2. The molecule has 0 aromatic rings. The fourth-order valence-electron chi connectivity index (χ4n) is 1.20. The predicted molar refractivity (Wildman–Crippen MR) is 54.8 cm³/mol. The number of nitrogens with one attached hydrogen (secondary N) is 1. The maximum absolute atomic E-state index is 11.1. The molecule has 0 aromatic heterocycles. The van der Waals surface area contributed by atoms with Gasteiger partial charge in [0.25, 0.3) is 0 Å². The minimum atomic E-state index is -0.733. The van der Waals surface area contributed by atoms with Gasteiger partial charge in [-0.2, -0.15) is 0 Å². The summed E-state index contributed by atoms with van der Waals surface area (Å²) >= 11 is 0. The van der Waals surface area contributed by atoms with Crippen LogP contribution in [0.15, 0.2) is 0 Å². The Morgan fingerprint density at radius 2 is 2.29 bits per heavy atom. The van der Waals surface area contributed by atoms with Crippen molar-refractivity contribution < 1.29 is 9.53 Å². The number of rotatable bonds is 7. The topological polar surface area (TPSA) is 64.3 Å². The van der Waals surface area contributed by atoms with Crippen LogP contribution in [-0.4, -0.2) is 31.7 Å². The van der Waals surface area contributed by atoms with Crippen LogP contribution in [0.1, 0.15) is 26.2 Å². The molecule has 1 saturated carbocycles. The Labute approximate surface area is 85.2 Å². The summed E-state index contributed by atoms with van der Waals surface area (Å²) in [7, 11) is 1.72. The number of primary amides is 1. The minimum Gasteiger partial charge on any atom is -0.379 e. The van der Waals surface area contributed by atoms with Crippen molar-refractivity contribution in [2.45, 2.75) is 31.7 Å². The highest BCUT2D eigenvalue weighted by Gasteiger charge is 2.29. The van der Waals surface area contributed by atoms with E-state index in [2.05, 4.69) is 5.32 Å². The van der Waals surface area contributed by atoms with E-state index in [4.69, 9.17) is 10.5 Å². The van der Waals surface area contributed by atoms with E-state index >= 15 is 0 Å². The second-order valence-corrected chi connectivity index (χ2v) is 4.23. The first-order valence-corrected chi connectivity index (χ1v) is 5.15. The molecule has 3 N–H and O–H groups in total. The molecule has 0 aromatic carbocycles. The fourth-order valence-corrected chi connectivity index (χ4v) is 1.20. The lowest BCUT2D eigenvalue weighted by Crippen LogP contribution is -2.54. The Hall–Kier alpha value is -0.610. The summed E-state index contributed by atoms with van der Waals surface area (Å²) in [6, 6.07) is 0. The van der Waals surface area contributed by atoms with Crippen LogP contribution in [0.25, 0.3) is 0 Å². The van der Waals surface area contributed by atoms with Crippen molar-refractivity contribution in [3.8, 4) is 0 Å². The SMILES string of the molecule is CNC(C)(COCCC1CC1)C(N)=O. The van der Waals surface area contributed by atoms with Gasteiger partial charge < -0.3 is 15.8 Å². The van der Waals surface area contributed by atoms with Gasteiger partial charge in [0.15, 0.2) is 0 Å². The Balaban J connectivity index is 2.15. The fraction of sp³-hybridized carbons (Fsp3) is 0.900. The normalized spacial score (nSPS) is 20.4. The van der Waals surface area contributed by atoms with Crippen LogP contribution in [-0.2, 0) is 9.53 Å². The Morgan fingerprint density at radius 3 is 2.71 bits per heavy atom. The molecule has 1 amide bonds. The lowest BCUT2D eigenvalue weighted by atomic mass is 10.0. The second-order valence-electron chi connectivity index (χ2n) is 4.23. The molecule has 1 atom stereocenters. The monoisotopic (exact) mass is 200 g/mol. The molecule has 0 spiro atoms. The first-order valence-electron chi connectivity index (χ1n) is 5.15. The Morgan fingerprint density at radius 1 is 1.64 bits per heavy atom. The summed E-state index contributed by atoms with van der Waals surface area (Å²) in [5.41, 5.74) is 4.52. The van der Waals surface area contributed by atoms with Crippen molar-refractivity contribution in [2.75, 3.05) is 20.3 Å². The summed E-state index contributed by atoms with van der Waals surface area (Å²) in [6.45, 7) is 2.84. The van der Waals surface area contributed by atoms with E-state index in [0.717, 1.165) is 18.9 Å². The van der Waals surface area contributed by atoms with Crippen molar-refractivity contribution >= 4 is 5.91 Å². The van der Waals surface area contributed by atoms with E-state index in [1.807, 2.05) is 0 Å². The molecule has 14 heavy (non-hydrogen) atoms. The minimum absolute atomic E-state index is 0.353. The number of nitrogens with two attached hydrogens (primary N) is 1. The molecule has 1 aliphatic carbocycles. The van der Waals surface area contributed by atoms with E-state index in [1.54, 1.807) is 14.0 Å². The average molecular weight is 200 g/mol. The summed E-state index contributed by atoms with van der Waals surface area (Å²) in [5.74, 6) is 0.496. The van der Waals surface area contributed by atoms with Gasteiger partial charge in [-0.3, -0.25) is 4.79 Å². The van der Waals surface area contributed by atoms with Gasteiger partial charge in [-0.25, -0.2) is 0 Å². The van der Waals surface area contributed by atoms with Gasteiger partial charge in [0.05, 0.1) is 6.61 Å². The quantitative estimate of drug-likeness (QED) is 0.580. The Kier molecular flexibility index (Phi) is 3.89. The van der Waals surface area contributed by atoms with Gasteiger partial charge in [0, 0.05) is 6.61 Å². The maximum Gasteiger partial charge on any atom is 0.239 e. The summed E-state index contributed by atoms with van der Waals surface area (Å²) in [4.78, 5) is 11.1. The smallest absolute Gasteiger partial charge is 0.239 e. The molecule has 0 aliphatic heterocycles. The molecule has 0 heterocycles. The number of hydrogen-bond donors (Lipinski definition) is 2. The van der Waals surface area contributed by atoms with Gasteiger partial charge in [-0.15, -0.1) is 0 Å². The third kappa shape index (κ3) is 3.27. The van der Waals surface area contributed by atoms with E-state index in [1.165, 1.54) is 12.8 Å². The van der Waals surface area contributed by atoms with E-state index < -0.39 is 5.54 Å². The largest absolute Gasteiger partial charge is 0.379 e. The average Bonchev–Trinajstić information content (AvgIpc) is 2.95. The van der Waals surface area contributed by atoms with Gasteiger partial charge in [0.1, 0.15) is 5.54 Å². The first-order chi connectivity index (χ1) is 6.58. The van der Waals surface area contributed by atoms with Gasteiger partial charge >= 0.3 is 0 Å². The second kappa shape index (κ2) is 4.75. The molecule has 0 radical (unpaired) electrons. The summed E-state index contributed by atoms with van der Waals surface area (Å²) < 4.78 is 5.44. The zero-order chi connectivity index (χ0) is 10.6. The first kappa shape index (κ1) is 11.5. The van der Waals surface area contributed by atoms with Crippen LogP contribution in [0.2, 0.25) is 0 Å². The highest BCUT2D eigenvalue weighted by Crippen LogP contribution is 2.32. The number of carbonyl (C=O) groups excluding carboxylic acids is 1. The number of amides is 1. The van der Waals surface area contributed by atoms with Crippen LogP contribution in [0.3, 0.4) is 0 Å². The van der Waals surface area contributed by atoms with Crippen LogP contribution >= 0.6 is 0 Å². The zero-order valence-corrected chi connectivity index (χ0v) is 9.01. The number of likely N-dealkylation sites (N-methyl/N-ethyl adjacent to an activating group) is 1. The zero-order valence-electron chi connectivity index (χ0n) is 9.01. The molecule has 0 bridgehead atoms. The third-order valence-electron chi connectivity index (χ3n) is 2.85. The molecule has 1 aliphatic rings. The summed E-state index contributed by atoms with van der Waals surface area (Å²) in [5, 5.41) is 2.88. The van der Waals surface area contributed by atoms with Crippen molar-refractivity contribution in [1.29, 1.82) is 0 Å². The predicted octanol–water partition coefficient (Wildman–Crippen LogP) is 0.267. The van der Waals surface area contributed by atoms with Crippen molar-refractivity contribution in [1.82, 2.24) is 5.32 Å². The van der Waals surface area contributed by atoms with E-state index in [0.29, 0.717) is 6.61 Å². The van der Waals surface area contributed by atoms with Crippen molar-refractivity contribution in [2.24, 2.45) is 11.7 Å². The molecule has 1 rings (SSSR count). The lowest BCUT2D eigenvalue weighted by Gasteiger charge is -2.24. The Bertz CT molecular complexity index is 204. The number of hydrogen-bond acceptors (Lipinski definition) is 3. The van der Waals surface area contributed by atoms with Crippen LogP contribution in [0.5, 0.6) is 0 Å². The van der Waals surface area contributed by atoms with E-state index in [-0.39, 0.29) is 5.91 Å². The molecular weight excluding hydrogens is 180 g/mol. The molecule has 1 unspecified atom stereocenters.